The van der Waals surface area contributed by atoms with E-state index in [9.17, 15) is 4.79 Å². The molecule has 1 atom stereocenters. The molecule has 0 saturated carbocycles. The smallest absolute Gasteiger partial charge is 0.231 e. The van der Waals surface area contributed by atoms with E-state index >= 15 is 0 Å². The van der Waals surface area contributed by atoms with E-state index in [2.05, 4.69) is 10.4 Å². The van der Waals surface area contributed by atoms with E-state index in [1.54, 1.807) is 10.9 Å². The van der Waals surface area contributed by atoms with Gasteiger partial charge in [-0.2, -0.15) is 5.10 Å². The molecule has 0 bridgehead atoms. The van der Waals surface area contributed by atoms with Crippen LogP contribution in [0.15, 0.2) is 67.0 Å². The van der Waals surface area contributed by atoms with Crippen LogP contribution in [0, 0.1) is 5.92 Å². The standard InChI is InChI=1S/C19H17N3O2/c23-19(15-10-14-6-4-5-9-18(14)24-13-15)21-16-11-20-22(12-16)17-7-2-1-3-8-17/h1-9,11-12,15H,10,13H2,(H,21,23)/t15-/m1/s1. The van der Waals surface area contributed by atoms with Crippen molar-refractivity contribution in [2.45, 2.75) is 6.42 Å². The second kappa shape index (κ2) is 6.20. The van der Waals surface area contributed by atoms with E-state index in [0.29, 0.717) is 18.7 Å². The number of carbonyl (C=O) groups excluding carboxylic acids is 1. The van der Waals surface area contributed by atoms with Crippen LogP contribution in [-0.2, 0) is 11.2 Å². The van der Waals surface area contributed by atoms with Crippen molar-refractivity contribution in [1.29, 1.82) is 0 Å². The van der Waals surface area contributed by atoms with Gasteiger partial charge < -0.3 is 10.1 Å². The first-order valence-corrected chi connectivity index (χ1v) is 7.91. The summed E-state index contributed by atoms with van der Waals surface area (Å²) in [7, 11) is 0. The summed E-state index contributed by atoms with van der Waals surface area (Å²) in [6.07, 6.45) is 4.15. The fraction of sp³-hybridized carbons (Fsp3) is 0.158. The van der Waals surface area contributed by atoms with Gasteiger partial charge in [0.2, 0.25) is 5.91 Å². The van der Waals surface area contributed by atoms with Crippen LogP contribution in [0.3, 0.4) is 0 Å². The second-order valence-electron chi connectivity index (χ2n) is 5.82. The van der Waals surface area contributed by atoms with Gasteiger partial charge in [-0.1, -0.05) is 36.4 Å². The maximum absolute atomic E-state index is 12.5. The number of ether oxygens (including phenoxy) is 1. The molecule has 1 aliphatic heterocycles. The summed E-state index contributed by atoms with van der Waals surface area (Å²) in [5.41, 5.74) is 2.71. The molecule has 0 aliphatic carbocycles. The third-order valence-corrected chi connectivity index (χ3v) is 4.12. The highest BCUT2D eigenvalue weighted by atomic mass is 16.5. The van der Waals surface area contributed by atoms with Gasteiger partial charge in [0.25, 0.3) is 0 Å². The fourth-order valence-corrected chi connectivity index (χ4v) is 2.85. The molecule has 1 aromatic heterocycles. The van der Waals surface area contributed by atoms with Crippen molar-refractivity contribution in [1.82, 2.24) is 9.78 Å². The third kappa shape index (κ3) is 2.88. The molecule has 1 amide bonds. The van der Waals surface area contributed by atoms with Crippen LogP contribution >= 0.6 is 0 Å². The van der Waals surface area contributed by atoms with Gasteiger partial charge in [-0.15, -0.1) is 0 Å². The van der Waals surface area contributed by atoms with Crippen LogP contribution < -0.4 is 10.1 Å². The predicted molar refractivity (Wildman–Crippen MR) is 91.3 cm³/mol. The lowest BCUT2D eigenvalue weighted by Gasteiger charge is -2.24. The Labute approximate surface area is 139 Å². The largest absolute Gasteiger partial charge is 0.492 e. The average molecular weight is 319 g/mol. The van der Waals surface area contributed by atoms with E-state index in [1.807, 2.05) is 60.8 Å². The van der Waals surface area contributed by atoms with Crippen molar-refractivity contribution in [2.75, 3.05) is 11.9 Å². The summed E-state index contributed by atoms with van der Waals surface area (Å²) in [4.78, 5) is 12.5. The molecular formula is C19H17N3O2. The second-order valence-corrected chi connectivity index (χ2v) is 5.82. The molecule has 0 unspecified atom stereocenters. The molecule has 0 saturated heterocycles. The number of hydrogen-bond donors (Lipinski definition) is 1. The van der Waals surface area contributed by atoms with Gasteiger partial charge in [0.05, 0.1) is 29.7 Å². The first-order valence-electron chi connectivity index (χ1n) is 7.91. The fourth-order valence-electron chi connectivity index (χ4n) is 2.85. The van der Waals surface area contributed by atoms with Gasteiger partial charge in [0.1, 0.15) is 12.4 Å². The number of benzene rings is 2. The first-order chi connectivity index (χ1) is 11.8. The highest BCUT2D eigenvalue weighted by Gasteiger charge is 2.26. The highest BCUT2D eigenvalue weighted by Crippen LogP contribution is 2.27. The topological polar surface area (TPSA) is 56.2 Å². The lowest BCUT2D eigenvalue weighted by Crippen LogP contribution is -2.32. The molecule has 5 heteroatoms. The molecule has 0 fully saturated rings. The number of fused-ring (bicyclic) bond motifs is 1. The average Bonchev–Trinajstić information content (AvgIpc) is 3.10. The van der Waals surface area contributed by atoms with Gasteiger partial charge in [0, 0.05) is 0 Å². The lowest BCUT2D eigenvalue weighted by molar-refractivity contribution is -0.121. The molecule has 120 valence electrons. The molecule has 2 aromatic carbocycles. The van der Waals surface area contributed by atoms with Crippen LogP contribution in [0.4, 0.5) is 5.69 Å². The lowest BCUT2D eigenvalue weighted by atomic mass is 9.96. The Hall–Kier alpha value is -3.08. The Morgan fingerprint density at radius 2 is 1.92 bits per heavy atom. The summed E-state index contributed by atoms with van der Waals surface area (Å²) in [6.45, 7) is 0.398. The van der Waals surface area contributed by atoms with Crippen molar-refractivity contribution >= 4 is 11.6 Å². The molecule has 5 nitrogen and oxygen atoms in total. The van der Waals surface area contributed by atoms with Crippen molar-refractivity contribution in [3.8, 4) is 11.4 Å². The molecule has 4 rings (SSSR count). The maximum atomic E-state index is 12.5. The Kier molecular flexibility index (Phi) is 3.75. The summed E-state index contributed by atoms with van der Waals surface area (Å²) in [5.74, 6) is 0.635. The molecule has 1 N–H and O–H groups in total. The van der Waals surface area contributed by atoms with Gasteiger partial charge in [0.15, 0.2) is 0 Å². The van der Waals surface area contributed by atoms with Crippen molar-refractivity contribution in [2.24, 2.45) is 5.92 Å². The number of carbonyl (C=O) groups is 1. The molecule has 0 radical (unpaired) electrons. The number of aromatic nitrogens is 2. The SMILES string of the molecule is O=C(Nc1cnn(-c2ccccc2)c1)[C@H]1COc2ccccc2C1. The molecule has 2 heterocycles. The minimum atomic E-state index is -0.194. The van der Waals surface area contributed by atoms with E-state index in [4.69, 9.17) is 4.74 Å². The Morgan fingerprint density at radius 1 is 1.12 bits per heavy atom. The Bertz CT molecular complexity index is 858. The minimum Gasteiger partial charge on any atom is -0.492 e. The summed E-state index contributed by atoms with van der Waals surface area (Å²) < 4.78 is 7.43. The molecule has 1 aliphatic rings. The quantitative estimate of drug-likeness (QED) is 0.807. The Balaban J connectivity index is 1.45. The number of nitrogens with zero attached hydrogens (tertiary/aromatic N) is 2. The van der Waals surface area contributed by atoms with Crippen molar-refractivity contribution in [3.05, 3.63) is 72.6 Å². The molecule has 3 aromatic rings. The summed E-state index contributed by atoms with van der Waals surface area (Å²) >= 11 is 0. The zero-order valence-corrected chi connectivity index (χ0v) is 13.1. The summed E-state index contributed by atoms with van der Waals surface area (Å²) in [6, 6.07) is 17.6. The van der Waals surface area contributed by atoms with Crippen LogP contribution in [0.5, 0.6) is 5.75 Å². The van der Waals surface area contributed by atoms with Gasteiger partial charge in [-0.25, -0.2) is 4.68 Å². The molecule has 0 spiro atoms. The van der Waals surface area contributed by atoms with Crippen LogP contribution in [0.2, 0.25) is 0 Å². The number of anilines is 1. The number of nitrogens with one attached hydrogen (secondary N) is 1. The number of rotatable bonds is 3. The minimum absolute atomic E-state index is 0.0443. The van der Waals surface area contributed by atoms with Crippen LogP contribution in [-0.4, -0.2) is 22.3 Å². The number of amides is 1. The zero-order chi connectivity index (χ0) is 16.4. The number of hydrogen-bond acceptors (Lipinski definition) is 3. The Morgan fingerprint density at radius 3 is 2.79 bits per heavy atom. The van der Waals surface area contributed by atoms with E-state index in [0.717, 1.165) is 17.0 Å². The number of para-hydroxylation sites is 2. The highest BCUT2D eigenvalue weighted by molar-refractivity contribution is 5.92. The van der Waals surface area contributed by atoms with Gasteiger partial charge >= 0.3 is 0 Å². The zero-order valence-electron chi connectivity index (χ0n) is 13.1. The van der Waals surface area contributed by atoms with E-state index in [-0.39, 0.29) is 11.8 Å². The maximum Gasteiger partial charge on any atom is 0.231 e. The molecular weight excluding hydrogens is 302 g/mol. The van der Waals surface area contributed by atoms with Crippen molar-refractivity contribution in [3.63, 3.8) is 0 Å². The van der Waals surface area contributed by atoms with Gasteiger partial charge in [-0.3, -0.25) is 4.79 Å². The normalized spacial score (nSPS) is 16.1. The van der Waals surface area contributed by atoms with Crippen molar-refractivity contribution < 1.29 is 9.53 Å². The predicted octanol–water partition coefficient (Wildman–Crippen LogP) is 3.06. The first kappa shape index (κ1) is 14.5. The van der Waals surface area contributed by atoms with E-state index in [1.165, 1.54) is 0 Å². The van der Waals surface area contributed by atoms with Crippen LogP contribution in [0.25, 0.3) is 5.69 Å². The van der Waals surface area contributed by atoms with Crippen LogP contribution in [0.1, 0.15) is 5.56 Å². The summed E-state index contributed by atoms with van der Waals surface area (Å²) in [5, 5.41) is 7.22. The monoisotopic (exact) mass is 319 g/mol. The third-order valence-electron chi connectivity index (χ3n) is 4.12. The van der Waals surface area contributed by atoms with E-state index < -0.39 is 0 Å². The van der Waals surface area contributed by atoms with Gasteiger partial charge in [-0.05, 0) is 30.2 Å². The molecule has 24 heavy (non-hydrogen) atoms.